The van der Waals surface area contributed by atoms with Crippen LogP contribution >= 0.6 is 0 Å². The summed E-state index contributed by atoms with van der Waals surface area (Å²) in [5, 5.41) is 0. The Morgan fingerprint density at radius 1 is 1.06 bits per heavy atom. The van der Waals surface area contributed by atoms with Crippen LogP contribution in [0.4, 0.5) is 0 Å². The molecule has 0 spiro atoms. The fourth-order valence-corrected chi connectivity index (χ4v) is 1.58. The Morgan fingerprint density at radius 2 is 1.62 bits per heavy atom. The average Bonchev–Trinajstić information content (AvgIpc) is 2.81. The van der Waals surface area contributed by atoms with Gasteiger partial charge in [-0.1, -0.05) is 13.8 Å². The second-order valence-electron chi connectivity index (χ2n) is 4.00. The van der Waals surface area contributed by atoms with E-state index >= 15 is 0 Å². The van der Waals surface area contributed by atoms with Gasteiger partial charge in [-0.05, 0) is 0 Å². The molecule has 0 bridgehead atoms. The first kappa shape index (κ1) is 12.7. The van der Waals surface area contributed by atoms with Crippen LogP contribution in [0.2, 0.25) is 0 Å². The molecule has 0 saturated carbocycles. The van der Waals surface area contributed by atoms with Crippen LogP contribution in [0.3, 0.4) is 0 Å². The normalized spacial score (nSPS) is 17.0. The summed E-state index contributed by atoms with van der Waals surface area (Å²) >= 11 is 0. The molecule has 0 heterocycles. The monoisotopic (exact) mass is 228 g/mol. The van der Waals surface area contributed by atoms with Crippen molar-refractivity contribution >= 4 is 11.9 Å². The van der Waals surface area contributed by atoms with Gasteiger partial charge in [0.25, 0.3) is 0 Å². The lowest BCUT2D eigenvalue weighted by Crippen LogP contribution is -2.11. The lowest BCUT2D eigenvalue weighted by atomic mass is 10.0. The van der Waals surface area contributed by atoms with Gasteiger partial charge in [0.2, 0.25) is 0 Å². The van der Waals surface area contributed by atoms with Crippen molar-refractivity contribution in [3.05, 3.63) is 11.1 Å². The van der Waals surface area contributed by atoms with Gasteiger partial charge in [0.1, 0.15) is 6.61 Å². The lowest BCUT2D eigenvalue weighted by Gasteiger charge is -2.05. The Kier molecular flexibility index (Phi) is 3.70. The molecule has 90 valence electrons. The highest BCUT2D eigenvalue weighted by Gasteiger charge is 2.54. The molecule has 0 unspecified atom stereocenters. The summed E-state index contributed by atoms with van der Waals surface area (Å²) in [6, 6.07) is 0. The zero-order chi connectivity index (χ0) is 12.3. The van der Waals surface area contributed by atoms with Crippen LogP contribution in [0.5, 0.6) is 0 Å². The van der Waals surface area contributed by atoms with Crippen LogP contribution in [0.1, 0.15) is 13.8 Å². The van der Waals surface area contributed by atoms with Crippen LogP contribution in [0.25, 0.3) is 0 Å². The van der Waals surface area contributed by atoms with Gasteiger partial charge >= 0.3 is 11.9 Å². The molecule has 1 aliphatic carbocycles. The smallest absolute Gasteiger partial charge is 0.335 e. The van der Waals surface area contributed by atoms with E-state index in [2.05, 4.69) is 4.74 Å². The second kappa shape index (κ2) is 4.65. The Bertz CT molecular complexity index is 340. The first-order valence-corrected chi connectivity index (χ1v) is 4.96. The molecule has 1 aliphatic rings. The van der Waals surface area contributed by atoms with Gasteiger partial charge in [0.15, 0.2) is 0 Å². The van der Waals surface area contributed by atoms with Gasteiger partial charge in [0.05, 0.1) is 24.9 Å². The van der Waals surface area contributed by atoms with E-state index in [9.17, 15) is 9.59 Å². The van der Waals surface area contributed by atoms with Crippen molar-refractivity contribution in [1.82, 2.24) is 0 Å². The maximum atomic E-state index is 11.6. The molecular weight excluding hydrogens is 212 g/mol. The van der Waals surface area contributed by atoms with Gasteiger partial charge in [-0.15, -0.1) is 0 Å². The molecule has 0 atom stereocenters. The molecule has 0 amide bonds. The SMILES string of the molecule is COCCOC(=O)C1=C(C(=O)OC)C1(C)C. The highest BCUT2D eigenvalue weighted by atomic mass is 16.6. The zero-order valence-corrected chi connectivity index (χ0v) is 9.96. The van der Waals surface area contributed by atoms with E-state index in [1.165, 1.54) is 14.2 Å². The van der Waals surface area contributed by atoms with Crippen LogP contribution in [0, 0.1) is 5.41 Å². The van der Waals surface area contributed by atoms with Crippen LogP contribution in [0.15, 0.2) is 11.1 Å². The van der Waals surface area contributed by atoms with Crippen LogP contribution in [-0.4, -0.2) is 39.4 Å². The Hall–Kier alpha value is -1.36. The number of hydrogen-bond donors (Lipinski definition) is 0. The maximum absolute atomic E-state index is 11.6. The van der Waals surface area contributed by atoms with Gasteiger partial charge in [0, 0.05) is 12.5 Å². The van der Waals surface area contributed by atoms with E-state index in [0.717, 1.165) is 0 Å². The molecule has 0 N–H and O–H groups in total. The number of carbonyl (C=O) groups excluding carboxylic acids is 2. The van der Waals surface area contributed by atoms with E-state index in [1.807, 2.05) is 0 Å². The van der Waals surface area contributed by atoms with Crippen LogP contribution in [-0.2, 0) is 23.8 Å². The predicted octanol–water partition coefficient (Wildman–Crippen LogP) is 0.685. The number of hydrogen-bond acceptors (Lipinski definition) is 5. The minimum Gasteiger partial charge on any atom is -0.466 e. The fraction of sp³-hybridized carbons (Fsp3) is 0.636. The standard InChI is InChI=1S/C11H16O5/c1-11(2)7(9(12)15-4)8(11)10(13)16-6-5-14-3/h5-6H2,1-4H3. The van der Waals surface area contributed by atoms with E-state index in [0.29, 0.717) is 17.8 Å². The molecule has 0 aromatic carbocycles. The summed E-state index contributed by atoms with van der Waals surface area (Å²) in [5.74, 6) is -0.939. The van der Waals surface area contributed by atoms with Crippen molar-refractivity contribution in [3.63, 3.8) is 0 Å². The summed E-state index contributed by atoms with van der Waals surface area (Å²) in [4.78, 5) is 22.9. The number of methoxy groups -OCH3 is 2. The third-order valence-corrected chi connectivity index (χ3v) is 2.55. The highest BCUT2D eigenvalue weighted by molar-refractivity contribution is 6.11. The van der Waals surface area contributed by atoms with Crippen molar-refractivity contribution in [2.75, 3.05) is 27.4 Å². The Balaban J connectivity index is 2.62. The Morgan fingerprint density at radius 3 is 2.12 bits per heavy atom. The summed E-state index contributed by atoms with van der Waals surface area (Å²) in [6.45, 7) is 4.09. The summed E-state index contributed by atoms with van der Waals surface area (Å²) in [5.41, 5.74) is 0.268. The van der Waals surface area contributed by atoms with E-state index < -0.39 is 17.4 Å². The van der Waals surface area contributed by atoms with Gasteiger partial charge < -0.3 is 14.2 Å². The maximum Gasteiger partial charge on any atom is 0.335 e. The van der Waals surface area contributed by atoms with Gasteiger partial charge in [-0.3, -0.25) is 0 Å². The minimum atomic E-state index is -0.531. The molecule has 0 aromatic rings. The third-order valence-electron chi connectivity index (χ3n) is 2.55. The largest absolute Gasteiger partial charge is 0.466 e. The molecule has 5 nitrogen and oxygen atoms in total. The van der Waals surface area contributed by atoms with E-state index in [1.54, 1.807) is 13.8 Å². The number of rotatable bonds is 5. The molecule has 0 aliphatic heterocycles. The lowest BCUT2D eigenvalue weighted by molar-refractivity contribution is -0.140. The van der Waals surface area contributed by atoms with Crippen LogP contribution < -0.4 is 0 Å². The number of esters is 2. The van der Waals surface area contributed by atoms with Crippen molar-refractivity contribution in [2.45, 2.75) is 13.8 Å². The van der Waals surface area contributed by atoms with Crippen molar-refractivity contribution in [3.8, 4) is 0 Å². The van der Waals surface area contributed by atoms with Crippen molar-refractivity contribution in [2.24, 2.45) is 5.41 Å². The molecule has 5 heteroatoms. The minimum absolute atomic E-state index is 0.184. The number of carbonyl (C=O) groups is 2. The van der Waals surface area contributed by atoms with Crippen molar-refractivity contribution in [1.29, 1.82) is 0 Å². The molecule has 0 fully saturated rings. The van der Waals surface area contributed by atoms with E-state index in [-0.39, 0.29) is 6.61 Å². The van der Waals surface area contributed by atoms with E-state index in [4.69, 9.17) is 9.47 Å². The van der Waals surface area contributed by atoms with Gasteiger partial charge in [-0.25, -0.2) is 9.59 Å². The topological polar surface area (TPSA) is 61.8 Å². The molecule has 0 radical (unpaired) electrons. The molecular formula is C11H16O5. The number of ether oxygens (including phenoxy) is 3. The summed E-state index contributed by atoms with van der Waals surface area (Å²) in [6.07, 6.45) is 0. The Labute approximate surface area is 94.4 Å². The average molecular weight is 228 g/mol. The second-order valence-corrected chi connectivity index (χ2v) is 4.00. The first-order chi connectivity index (χ1) is 7.46. The molecule has 16 heavy (non-hydrogen) atoms. The highest BCUT2D eigenvalue weighted by Crippen LogP contribution is 2.52. The fourth-order valence-electron chi connectivity index (χ4n) is 1.58. The molecule has 0 aromatic heterocycles. The molecule has 1 rings (SSSR count). The third kappa shape index (κ3) is 2.24. The van der Waals surface area contributed by atoms with Gasteiger partial charge in [-0.2, -0.15) is 0 Å². The quantitative estimate of drug-likeness (QED) is 0.511. The van der Waals surface area contributed by atoms with Crippen molar-refractivity contribution < 1.29 is 23.8 Å². The first-order valence-electron chi connectivity index (χ1n) is 4.96. The predicted molar refractivity (Wildman–Crippen MR) is 55.7 cm³/mol. The summed E-state index contributed by atoms with van der Waals surface area (Å²) < 4.78 is 14.3. The summed E-state index contributed by atoms with van der Waals surface area (Å²) in [7, 11) is 2.81. The zero-order valence-electron chi connectivity index (χ0n) is 9.96. The molecule has 0 saturated heterocycles.